The molecule has 2 N–H and O–H groups in total. The van der Waals surface area contributed by atoms with E-state index >= 15 is 0 Å². The minimum Gasteiger partial charge on any atom is -0.495 e. The number of nitrogens with zero attached hydrogens (tertiary/aromatic N) is 1. The number of benzene rings is 2. The number of nitrogens with one attached hydrogen (secondary N) is 2. The monoisotopic (exact) mass is 417 g/mol. The number of thioether (sulfide) groups is 1. The van der Waals surface area contributed by atoms with E-state index in [1.54, 1.807) is 37.4 Å². The number of rotatable bonds is 4. The fourth-order valence-electron chi connectivity index (χ4n) is 3.22. The van der Waals surface area contributed by atoms with Crippen LogP contribution in [0.1, 0.15) is 10.4 Å². The van der Waals surface area contributed by atoms with Gasteiger partial charge in [-0.3, -0.25) is 9.79 Å². The van der Waals surface area contributed by atoms with Crippen molar-refractivity contribution in [3.05, 3.63) is 54.1 Å². The van der Waals surface area contributed by atoms with Crippen LogP contribution in [-0.4, -0.2) is 49.4 Å². The van der Waals surface area contributed by atoms with Crippen molar-refractivity contribution in [2.24, 2.45) is 4.99 Å². The Morgan fingerprint density at radius 1 is 1.18 bits per heavy atom. The molecule has 146 valence electrons. The molecule has 2 aromatic rings. The second-order valence-corrected chi connectivity index (χ2v) is 9.98. The largest absolute Gasteiger partial charge is 0.495 e. The number of para-hydroxylation sites is 2. The van der Waals surface area contributed by atoms with E-state index < -0.39 is 9.84 Å². The molecule has 2 aliphatic heterocycles. The number of carbonyl (C=O) groups is 1. The van der Waals surface area contributed by atoms with Gasteiger partial charge in [0.05, 0.1) is 30.3 Å². The van der Waals surface area contributed by atoms with Gasteiger partial charge in [0, 0.05) is 16.5 Å². The van der Waals surface area contributed by atoms with Crippen molar-refractivity contribution >= 4 is 44.0 Å². The van der Waals surface area contributed by atoms with Crippen LogP contribution in [0.2, 0.25) is 0 Å². The number of anilines is 2. The zero-order chi connectivity index (χ0) is 19.7. The maximum absolute atomic E-state index is 12.6. The number of amides is 1. The Balaban J connectivity index is 1.46. The first-order chi connectivity index (χ1) is 13.4. The topological polar surface area (TPSA) is 96.9 Å². The van der Waals surface area contributed by atoms with Gasteiger partial charge in [-0.2, -0.15) is 0 Å². The Labute approximate surface area is 167 Å². The molecule has 1 fully saturated rings. The Morgan fingerprint density at radius 2 is 2.00 bits per heavy atom. The van der Waals surface area contributed by atoms with Crippen LogP contribution in [0.5, 0.6) is 5.75 Å². The first-order valence-electron chi connectivity index (χ1n) is 8.70. The molecule has 9 heteroatoms. The highest BCUT2D eigenvalue weighted by molar-refractivity contribution is 8.15. The summed E-state index contributed by atoms with van der Waals surface area (Å²) in [5.41, 5.74) is 1.81. The van der Waals surface area contributed by atoms with Crippen molar-refractivity contribution < 1.29 is 17.9 Å². The van der Waals surface area contributed by atoms with Crippen LogP contribution in [0.4, 0.5) is 11.4 Å². The highest BCUT2D eigenvalue weighted by atomic mass is 32.2. The summed E-state index contributed by atoms with van der Waals surface area (Å²) in [7, 11) is -1.42. The van der Waals surface area contributed by atoms with Crippen LogP contribution >= 0.6 is 11.8 Å². The van der Waals surface area contributed by atoms with E-state index in [1.807, 2.05) is 18.2 Å². The van der Waals surface area contributed by atoms with E-state index in [4.69, 9.17) is 4.74 Å². The zero-order valence-corrected chi connectivity index (χ0v) is 16.7. The second-order valence-electron chi connectivity index (χ2n) is 6.60. The van der Waals surface area contributed by atoms with Gasteiger partial charge in [0.15, 0.2) is 15.0 Å². The van der Waals surface area contributed by atoms with Crippen molar-refractivity contribution in [1.82, 2.24) is 0 Å². The molecule has 0 bridgehead atoms. The third-order valence-electron chi connectivity index (χ3n) is 4.55. The molecule has 2 aromatic carbocycles. The third-order valence-corrected chi connectivity index (χ3v) is 7.69. The Morgan fingerprint density at radius 3 is 2.79 bits per heavy atom. The Bertz CT molecular complexity index is 1050. The van der Waals surface area contributed by atoms with E-state index in [2.05, 4.69) is 15.6 Å². The van der Waals surface area contributed by atoms with Crippen LogP contribution in [0.15, 0.2) is 53.5 Å². The third kappa shape index (κ3) is 4.00. The molecule has 0 aromatic heterocycles. The van der Waals surface area contributed by atoms with Crippen LogP contribution in [-0.2, 0) is 9.84 Å². The maximum atomic E-state index is 12.6. The molecule has 7 nitrogen and oxygen atoms in total. The molecular formula is C19H19N3O4S2. The van der Waals surface area contributed by atoms with Gasteiger partial charge in [0.25, 0.3) is 5.91 Å². The van der Waals surface area contributed by atoms with Crippen LogP contribution < -0.4 is 15.4 Å². The number of hydrogen-bond donors (Lipinski definition) is 2. The standard InChI is InChI=1S/C19H19N3O4S2/c1-26-16-8-3-2-7-14(16)21-18(23)12-5-4-6-13(9-12)20-19-22-15-10-28(24,25)11-17(15)27-19/h2-9,15,17H,10-11H2,1H3,(H,20,22)(H,21,23). The minimum absolute atomic E-state index is 0.0236. The van der Waals surface area contributed by atoms with Crippen molar-refractivity contribution in [1.29, 1.82) is 0 Å². The molecule has 0 aliphatic carbocycles. The van der Waals surface area contributed by atoms with E-state index in [0.717, 1.165) is 5.69 Å². The van der Waals surface area contributed by atoms with Crippen molar-refractivity contribution in [2.75, 3.05) is 29.2 Å². The average molecular weight is 418 g/mol. The lowest BCUT2D eigenvalue weighted by atomic mass is 10.2. The van der Waals surface area contributed by atoms with Crippen LogP contribution in [0.3, 0.4) is 0 Å². The summed E-state index contributed by atoms with van der Waals surface area (Å²) < 4.78 is 28.6. The molecule has 2 unspecified atom stereocenters. The molecule has 2 heterocycles. The number of aliphatic imine (C=N–C) groups is 1. The van der Waals surface area contributed by atoms with Gasteiger partial charge in [-0.05, 0) is 30.3 Å². The number of methoxy groups -OCH3 is 1. The van der Waals surface area contributed by atoms with Gasteiger partial charge < -0.3 is 15.4 Å². The summed E-state index contributed by atoms with van der Waals surface area (Å²) in [5.74, 6) is 0.607. The highest BCUT2D eigenvalue weighted by Crippen LogP contribution is 2.34. The number of sulfone groups is 1. The number of ether oxygens (including phenoxy) is 1. The van der Waals surface area contributed by atoms with E-state index in [0.29, 0.717) is 22.2 Å². The lowest BCUT2D eigenvalue weighted by Crippen LogP contribution is -2.14. The lowest BCUT2D eigenvalue weighted by molar-refractivity contribution is 0.102. The van der Waals surface area contributed by atoms with E-state index in [1.165, 1.54) is 11.8 Å². The van der Waals surface area contributed by atoms with Crippen molar-refractivity contribution in [2.45, 2.75) is 11.3 Å². The number of fused-ring (bicyclic) bond motifs is 1. The fourth-order valence-corrected chi connectivity index (χ4v) is 6.90. The number of carbonyl (C=O) groups excluding carboxylic acids is 1. The SMILES string of the molecule is COc1ccccc1NC(=O)c1cccc(NC2=NC3CS(=O)(=O)CC3S2)c1. The van der Waals surface area contributed by atoms with Crippen LogP contribution in [0.25, 0.3) is 0 Å². The van der Waals surface area contributed by atoms with Gasteiger partial charge in [0.2, 0.25) is 0 Å². The zero-order valence-electron chi connectivity index (χ0n) is 15.1. The first-order valence-corrected chi connectivity index (χ1v) is 11.4. The average Bonchev–Trinajstić information content (AvgIpc) is 3.14. The second kappa shape index (κ2) is 7.48. The number of amidine groups is 1. The summed E-state index contributed by atoms with van der Waals surface area (Å²) in [6, 6.07) is 14.1. The van der Waals surface area contributed by atoms with Gasteiger partial charge in [0.1, 0.15) is 5.75 Å². The summed E-state index contributed by atoms with van der Waals surface area (Å²) in [6.07, 6.45) is 0. The molecule has 2 atom stereocenters. The summed E-state index contributed by atoms with van der Waals surface area (Å²) in [6.45, 7) is 0. The molecular weight excluding hydrogens is 398 g/mol. The fraction of sp³-hybridized carbons (Fsp3) is 0.263. The van der Waals surface area contributed by atoms with Gasteiger partial charge in [-0.1, -0.05) is 30.0 Å². The Kier molecular flexibility index (Phi) is 5.03. The van der Waals surface area contributed by atoms with Crippen molar-refractivity contribution in [3.8, 4) is 5.75 Å². The summed E-state index contributed by atoms with van der Waals surface area (Å²) in [5, 5.41) is 6.70. The Hall–Kier alpha value is -2.52. The molecule has 2 aliphatic rings. The van der Waals surface area contributed by atoms with Crippen LogP contribution in [0, 0.1) is 0 Å². The van der Waals surface area contributed by atoms with Gasteiger partial charge in [-0.15, -0.1) is 0 Å². The normalized spacial score (nSPS) is 22.2. The summed E-state index contributed by atoms with van der Waals surface area (Å²) >= 11 is 1.44. The first kappa shape index (κ1) is 18.8. The van der Waals surface area contributed by atoms with E-state index in [-0.39, 0.29) is 28.7 Å². The lowest BCUT2D eigenvalue weighted by Gasteiger charge is -2.11. The molecule has 4 rings (SSSR count). The predicted molar refractivity (Wildman–Crippen MR) is 112 cm³/mol. The maximum Gasteiger partial charge on any atom is 0.255 e. The highest BCUT2D eigenvalue weighted by Gasteiger charge is 2.42. The molecule has 0 saturated carbocycles. The molecule has 0 radical (unpaired) electrons. The smallest absolute Gasteiger partial charge is 0.255 e. The molecule has 1 saturated heterocycles. The van der Waals surface area contributed by atoms with E-state index in [9.17, 15) is 13.2 Å². The molecule has 0 spiro atoms. The predicted octanol–water partition coefficient (Wildman–Crippen LogP) is 2.63. The summed E-state index contributed by atoms with van der Waals surface area (Å²) in [4.78, 5) is 17.1. The quantitative estimate of drug-likeness (QED) is 0.794. The van der Waals surface area contributed by atoms with Gasteiger partial charge in [-0.25, -0.2) is 8.42 Å². The minimum atomic E-state index is -2.97. The molecule has 28 heavy (non-hydrogen) atoms. The van der Waals surface area contributed by atoms with Gasteiger partial charge >= 0.3 is 0 Å². The number of hydrogen-bond acceptors (Lipinski definition) is 7. The van der Waals surface area contributed by atoms with Crippen molar-refractivity contribution in [3.63, 3.8) is 0 Å². The molecule has 1 amide bonds.